The molecule has 0 radical (unpaired) electrons. The molecule has 1 atom stereocenters. The van der Waals surface area contributed by atoms with E-state index in [0.717, 1.165) is 11.1 Å². The lowest BCUT2D eigenvalue weighted by atomic mass is 9.88. The van der Waals surface area contributed by atoms with Gasteiger partial charge in [-0.3, -0.25) is 0 Å². The van der Waals surface area contributed by atoms with Crippen LogP contribution >= 0.6 is 11.6 Å². The van der Waals surface area contributed by atoms with Gasteiger partial charge in [0.15, 0.2) is 0 Å². The van der Waals surface area contributed by atoms with Gasteiger partial charge in [0.25, 0.3) is 0 Å². The van der Waals surface area contributed by atoms with E-state index in [0.29, 0.717) is 28.0 Å². The van der Waals surface area contributed by atoms with Crippen LogP contribution in [0.3, 0.4) is 0 Å². The standard InChI is InChI=1S/C20H25ClN6O2/c1-12-6-15(16-10-27(26-25-16)11-20(5,29)19(3,4)28)23-18(7-12)24-17-8-13(2)14(21)9-22-17/h6-10,28-29H,11H2,1-5H3,(H,22,23,24)/t20-/m0/s1. The number of nitrogens with zero attached hydrogens (tertiary/aromatic N) is 5. The third kappa shape index (κ3) is 4.90. The van der Waals surface area contributed by atoms with Crippen molar-refractivity contribution in [2.45, 2.75) is 52.4 Å². The zero-order valence-corrected chi connectivity index (χ0v) is 17.9. The summed E-state index contributed by atoms with van der Waals surface area (Å²) in [5, 5.41) is 32.6. The van der Waals surface area contributed by atoms with Crippen LogP contribution in [0.1, 0.15) is 31.9 Å². The SMILES string of the molecule is Cc1cc(Nc2cc(C)c(Cl)cn2)nc(-c2cn(C[C@](C)(O)C(C)(C)O)nn2)c1. The van der Waals surface area contributed by atoms with Crippen LogP contribution in [0, 0.1) is 13.8 Å². The van der Waals surface area contributed by atoms with Crippen LogP contribution in [0.5, 0.6) is 0 Å². The van der Waals surface area contributed by atoms with Gasteiger partial charge in [0.05, 0.1) is 29.1 Å². The number of anilines is 2. The number of aryl methyl sites for hydroxylation is 2. The number of hydrogen-bond acceptors (Lipinski definition) is 7. The maximum atomic E-state index is 10.5. The third-order valence-corrected chi connectivity index (χ3v) is 5.26. The molecule has 0 aliphatic rings. The lowest BCUT2D eigenvalue weighted by molar-refractivity contribution is -0.129. The Balaban J connectivity index is 1.85. The molecule has 3 rings (SSSR count). The van der Waals surface area contributed by atoms with Crippen LogP contribution in [0.2, 0.25) is 5.02 Å². The van der Waals surface area contributed by atoms with E-state index in [4.69, 9.17) is 11.6 Å². The molecule has 8 nitrogen and oxygen atoms in total. The molecule has 9 heteroatoms. The van der Waals surface area contributed by atoms with Crippen molar-refractivity contribution in [2.24, 2.45) is 0 Å². The van der Waals surface area contributed by atoms with Crippen molar-refractivity contribution in [1.82, 2.24) is 25.0 Å². The molecule has 0 saturated carbocycles. The average Bonchev–Trinajstić information content (AvgIpc) is 3.04. The molecule has 3 N–H and O–H groups in total. The molecular weight excluding hydrogens is 392 g/mol. The minimum atomic E-state index is -1.37. The molecular formula is C20H25ClN6O2. The minimum Gasteiger partial charge on any atom is -0.387 e. The molecule has 0 amide bonds. The summed E-state index contributed by atoms with van der Waals surface area (Å²) < 4.78 is 1.49. The summed E-state index contributed by atoms with van der Waals surface area (Å²) in [6.45, 7) is 8.62. The van der Waals surface area contributed by atoms with Crippen molar-refractivity contribution < 1.29 is 10.2 Å². The number of nitrogens with one attached hydrogen (secondary N) is 1. The zero-order chi connectivity index (χ0) is 21.4. The van der Waals surface area contributed by atoms with Gasteiger partial charge in [0, 0.05) is 6.20 Å². The number of hydrogen-bond donors (Lipinski definition) is 3. The van der Waals surface area contributed by atoms with Gasteiger partial charge >= 0.3 is 0 Å². The van der Waals surface area contributed by atoms with Gasteiger partial charge in [-0.2, -0.15) is 0 Å². The average molecular weight is 417 g/mol. The topological polar surface area (TPSA) is 109 Å². The van der Waals surface area contributed by atoms with Crippen molar-refractivity contribution in [3.8, 4) is 11.4 Å². The molecule has 0 aliphatic heterocycles. The lowest BCUT2D eigenvalue weighted by Crippen LogP contribution is -2.50. The predicted molar refractivity (Wildman–Crippen MR) is 112 cm³/mol. The summed E-state index contributed by atoms with van der Waals surface area (Å²) in [5.74, 6) is 1.26. The van der Waals surface area contributed by atoms with Crippen LogP contribution < -0.4 is 5.32 Å². The Kier molecular flexibility index (Phi) is 5.62. The van der Waals surface area contributed by atoms with Gasteiger partial charge in [0.1, 0.15) is 22.9 Å². The summed E-state index contributed by atoms with van der Waals surface area (Å²) in [7, 11) is 0. The first-order valence-corrected chi connectivity index (χ1v) is 9.55. The Labute approximate surface area is 174 Å². The van der Waals surface area contributed by atoms with Gasteiger partial charge in [-0.25, -0.2) is 14.6 Å². The second kappa shape index (κ2) is 7.70. The largest absolute Gasteiger partial charge is 0.387 e. The van der Waals surface area contributed by atoms with Crippen LogP contribution in [-0.4, -0.2) is 46.4 Å². The minimum absolute atomic E-state index is 0.0917. The molecule has 0 bridgehead atoms. The molecule has 3 aromatic heterocycles. The summed E-state index contributed by atoms with van der Waals surface area (Å²) >= 11 is 6.03. The van der Waals surface area contributed by atoms with Crippen molar-refractivity contribution >= 4 is 23.2 Å². The molecule has 0 unspecified atom stereocenters. The van der Waals surface area contributed by atoms with E-state index in [1.165, 1.54) is 4.68 Å². The Morgan fingerprint density at radius 2 is 1.79 bits per heavy atom. The van der Waals surface area contributed by atoms with Crippen LogP contribution in [-0.2, 0) is 6.54 Å². The van der Waals surface area contributed by atoms with E-state index in [1.54, 1.807) is 33.2 Å². The van der Waals surface area contributed by atoms with Crippen LogP contribution in [0.25, 0.3) is 11.4 Å². The Hall–Kier alpha value is -2.55. The predicted octanol–water partition coefficient (Wildman–Crippen LogP) is 3.27. The molecule has 0 fully saturated rings. The Morgan fingerprint density at radius 3 is 2.45 bits per heavy atom. The van der Waals surface area contributed by atoms with Crippen molar-refractivity contribution in [1.29, 1.82) is 0 Å². The fourth-order valence-electron chi connectivity index (χ4n) is 2.60. The first-order chi connectivity index (χ1) is 13.4. The molecule has 3 aromatic rings. The van der Waals surface area contributed by atoms with E-state index in [-0.39, 0.29) is 6.54 Å². The van der Waals surface area contributed by atoms with E-state index < -0.39 is 11.2 Å². The van der Waals surface area contributed by atoms with Gasteiger partial charge in [-0.05, 0) is 63.9 Å². The van der Waals surface area contributed by atoms with Crippen molar-refractivity contribution in [2.75, 3.05) is 5.32 Å². The van der Waals surface area contributed by atoms with Gasteiger partial charge in [-0.1, -0.05) is 16.8 Å². The van der Waals surface area contributed by atoms with E-state index in [2.05, 4.69) is 25.6 Å². The number of halogens is 1. The number of aromatic nitrogens is 5. The highest BCUT2D eigenvalue weighted by molar-refractivity contribution is 6.31. The van der Waals surface area contributed by atoms with Gasteiger partial charge in [-0.15, -0.1) is 5.10 Å². The third-order valence-electron chi connectivity index (χ3n) is 4.86. The first kappa shape index (κ1) is 21.2. The molecule has 3 heterocycles. The van der Waals surface area contributed by atoms with Crippen molar-refractivity contribution in [3.05, 3.63) is 46.7 Å². The number of aliphatic hydroxyl groups is 2. The summed E-state index contributed by atoms with van der Waals surface area (Å²) in [6.07, 6.45) is 3.28. The van der Waals surface area contributed by atoms with E-state index in [9.17, 15) is 10.2 Å². The maximum absolute atomic E-state index is 10.5. The number of pyridine rings is 2. The normalized spacial score (nSPS) is 13.9. The second-order valence-electron chi connectivity index (χ2n) is 7.99. The molecule has 0 spiro atoms. The summed E-state index contributed by atoms with van der Waals surface area (Å²) in [5.41, 5.74) is 0.431. The van der Waals surface area contributed by atoms with Gasteiger partial charge in [0.2, 0.25) is 0 Å². The highest BCUT2D eigenvalue weighted by atomic mass is 35.5. The lowest BCUT2D eigenvalue weighted by Gasteiger charge is -2.35. The highest BCUT2D eigenvalue weighted by Crippen LogP contribution is 2.25. The van der Waals surface area contributed by atoms with Crippen LogP contribution in [0.15, 0.2) is 30.6 Å². The fourth-order valence-corrected chi connectivity index (χ4v) is 2.71. The monoisotopic (exact) mass is 416 g/mol. The number of rotatable bonds is 6. The van der Waals surface area contributed by atoms with Gasteiger partial charge < -0.3 is 15.5 Å². The second-order valence-corrected chi connectivity index (χ2v) is 8.40. The quantitative estimate of drug-likeness (QED) is 0.565. The van der Waals surface area contributed by atoms with E-state index >= 15 is 0 Å². The fraction of sp³-hybridized carbons (Fsp3) is 0.400. The smallest absolute Gasteiger partial charge is 0.132 e. The van der Waals surface area contributed by atoms with E-state index in [1.807, 2.05) is 32.0 Å². The first-order valence-electron chi connectivity index (χ1n) is 9.18. The van der Waals surface area contributed by atoms with Crippen LogP contribution in [0.4, 0.5) is 11.6 Å². The molecule has 0 aliphatic carbocycles. The molecule has 0 saturated heterocycles. The maximum Gasteiger partial charge on any atom is 0.132 e. The zero-order valence-electron chi connectivity index (χ0n) is 17.1. The molecule has 0 aromatic carbocycles. The Bertz CT molecular complexity index is 1030. The Morgan fingerprint density at radius 1 is 1.07 bits per heavy atom. The van der Waals surface area contributed by atoms with Crippen molar-refractivity contribution in [3.63, 3.8) is 0 Å². The summed E-state index contributed by atoms with van der Waals surface area (Å²) in [4.78, 5) is 8.87. The summed E-state index contributed by atoms with van der Waals surface area (Å²) in [6, 6.07) is 5.65. The molecule has 154 valence electrons. The molecule has 29 heavy (non-hydrogen) atoms. The highest BCUT2D eigenvalue weighted by Gasteiger charge is 2.38.